The van der Waals surface area contributed by atoms with Gasteiger partial charge in [-0.3, -0.25) is 0 Å². The summed E-state index contributed by atoms with van der Waals surface area (Å²) in [5, 5.41) is 0. The van der Waals surface area contributed by atoms with Crippen molar-refractivity contribution in [2.24, 2.45) is 11.8 Å². The second kappa shape index (κ2) is 12.3. The van der Waals surface area contributed by atoms with E-state index in [0.29, 0.717) is 23.3 Å². The van der Waals surface area contributed by atoms with Crippen LogP contribution in [0.1, 0.15) is 106 Å². The highest BCUT2D eigenvalue weighted by Crippen LogP contribution is 2.38. The Kier molecular flexibility index (Phi) is 9.16. The molecule has 0 saturated heterocycles. The molecule has 0 amide bonds. The van der Waals surface area contributed by atoms with Crippen LogP contribution in [0.25, 0.3) is 0 Å². The van der Waals surface area contributed by atoms with Crippen LogP contribution >= 0.6 is 0 Å². The maximum atomic E-state index is 14.6. The molecule has 190 valence electrons. The summed E-state index contributed by atoms with van der Waals surface area (Å²) >= 11 is 0. The number of benzene rings is 2. The average molecular weight is 481 g/mol. The van der Waals surface area contributed by atoms with Crippen LogP contribution in [0.4, 0.5) is 8.78 Å². The molecule has 2 aliphatic rings. The molecule has 1 nitrogen and oxygen atoms in total. The van der Waals surface area contributed by atoms with Gasteiger partial charge >= 0.3 is 6.11 Å². The zero-order valence-corrected chi connectivity index (χ0v) is 21.5. The van der Waals surface area contributed by atoms with E-state index in [1.165, 1.54) is 68.9 Å². The summed E-state index contributed by atoms with van der Waals surface area (Å²) in [5.74, 6) is 2.73. The second-order valence-electron chi connectivity index (χ2n) is 10.8. The summed E-state index contributed by atoms with van der Waals surface area (Å²) in [7, 11) is 0. The minimum absolute atomic E-state index is 0.0694. The van der Waals surface area contributed by atoms with Gasteiger partial charge in [0.25, 0.3) is 0 Å². The third kappa shape index (κ3) is 7.49. The lowest BCUT2D eigenvalue weighted by atomic mass is 9.78. The summed E-state index contributed by atoms with van der Waals surface area (Å²) < 4.78 is 34.2. The van der Waals surface area contributed by atoms with Gasteiger partial charge in [-0.25, -0.2) is 0 Å². The van der Waals surface area contributed by atoms with Gasteiger partial charge in [0.15, 0.2) is 0 Å². The Morgan fingerprint density at radius 2 is 1.29 bits per heavy atom. The SMILES string of the molecule is CC=CC1CCC(c2ccc(COC(F)(F)Cc3ccc(C4CCC(CC)CC4)cc3)cc2)CC1. The van der Waals surface area contributed by atoms with Gasteiger partial charge in [-0.15, -0.1) is 0 Å². The Hall–Kier alpha value is -2.00. The van der Waals surface area contributed by atoms with Crippen molar-refractivity contribution in [3.8, 4) is 0 Å². The van der Waals surface area contributed by atoms with E-state index >= 15 is 0 Å². The Morgan fingerprint density at radius 3 is 1.80 bits per heavy atom. The van der Waals surface area contributed by atoms with Crippen molar-refractivity contribution in [1.29, 1.82) is 0 Å². The Balaban J connectivity index is 1.24. The van der Waals surface area contributed by atoms with Crippen LogP contribution in [0.15, 0.2) is 60.7 Å². The summed E-state index contributed by atoms with van der Waals surface area (Å²) in [6.07, 6.45) is 12.0. The predicted octanol–water partition coefficient (Wildman–Crippen LogP) is 9.57. The number of ether oxygens (including phenoxy) is 1. The smallest absolute Gasteiger partial charge is 0.315 e. The molecule has 0 unspecified atom stereocenters. The quantitative estimate of drug-likeness (QED) is 0.325. The zero-order chi connectivity index (χ0) is 24.7. The molecule has 2 aromatic rings. The molecule has 0 spiro atoms. The van der Waals surface area contributed by atoms with Crippen LogP contribution in [-0.4, -0.2) is 6.11 Å². The molecule has 0 radical (unpaired) electrons. The van der Waals surface area contributed by atoms with Crippen molar-refractivity contribution < 1.29 is 13.5 Å². The van der Waals surface area contributed by atoms with Crippen molar-refractivity contribution >= 4 is 0 Å². The lowest BCUT2D eigenvalue weighted by Gasteiger charge is -2.28. The van der Waals surface area contributed by atoms with E-state index in [0.717, 1.165) is 11.5 Å². The highest BCUT2D eigenvalue weighted by Gasteiger charge is 2.31. The minimum atomic E-state index is -3.18. The number of rotatable bonds is 9. The third-order valence-electron chi connectivity index (χ3n) is 8.42. The summed E-state index contributed by atoms with van der Waals surface area (Å²) in [6.45, 7) is 4.29. The lowest BCUT2D eigenvalue weighted by Crippen LogP contribution is -2.23. The second-order valence-corrected chi connectivity index (χ2v) is 10.8. The van der Waals surface area contributed by atoms with Gasteiger partial charge in [-0.2, -0.15) is 8.78 Å². The van der Waals surface area contributed by atoms with Crippen LogP contribution < -0.4 is 0 Å². The molecule has 2 aromatic carbocycles. The maximum Gasteiger partial charge on any atom is 0.360 e. The van der Waals surface area contributed by atoms with Crippen molar-refractivity contribution in [2.45, 2.75) is 103 Å². The Morgan fingerprint density at radius 1 is 0.771 bits per heavy atom. The van der Waals surface area contributed by atoms with E-state index in [4.69, 9.17) is 4.74 Å². The number of halogens is 2. The van der Waals surface area contributed by atoms with Gasteiger partial charge in [0, 0.05) is 0 Å². The fraction of sp³-hybridized carbons (Fsp3) is 0.562. The van der Waals surface area contributed by atoms with Gasteiger partial charge in [0.1, 0.15) is 0 Å². The molecule has 35 heavy (non-hydrogen) atoms. The Labute approximate surface area is 211 Å². The van der Waals surface area contributed by atoms with Gasteiger partial charge in [0.2, 0.25) is 0 Å². The van der Waals surface area contributed by atoms with Crippen LogP contribution in [0.3, 0.4) is 0 Å². The zero-order valence-electron chi connectivity index (χ0n) is 21.5. The fourth-order valence-corrected chi connectivity index (χ4v) is 6.09. The number of allylic oxidation sites excluding steroid dienone is 2. The molecule has 2 fully saturated rings. The maximum absolute atomic E-state index is 14.6. The van der Waals surface area contributed by atoms with Crippen LogP contribution in [0.2, 0.25) is 0 Å². The van der Waals surface area contributed by atoms with Crippen LogP contribution in [0.5, 0.6) is 0 Å². The van der Waals surface area contributed by atoms with Crippen molar-refractivity contribution in [1.82, 2.24) is 0 Å². The monoisotopic (exact) mass is 480 g/mol. The van der Waals surface area contributed by atoms with Crippen LogP contribution in [0, 0.1) is 11.8 Å². The third-order valence-corrected chi connectivity index (χ3v) is 8.42. The number of hydrogen-bond donors (Lipinski definition) is 0. The molecule has 4 rings (SSSR count). The molecule has 0 aliphatic heterocycles. The summed E-state index contributed by atoms with van der Waals surface area (Å²) in [4.78, 5) is 0. The van der Waals surface area contributed by atoms with E-state index in [9.17, 15) is 8.78 Å². The van der Waals surface area contributed by atoms with E-state index in [-0.39, 0.29) is 13.0 Å². The lowest BCUT2D eigenvalue weighted by molar-refractivity contribution is -0.244. The van der Waals surface area contributed by atoms with E-state index in [2.05, 4.69) is 38.1 Å². The van der Waals surface area contributed by atoms with Crippen LogP contribution in [-0.2, 0) is 17.8 Å². The normalized spacial score (nSPS) is 25.7. The summed E-state index contributed by atoms with van der Waals surface area (Å²) in [5.41, 5.74) is 4.05. The van der Waals surface area contributed by atoms with E-state index in [1.54, 1.807) is 0 Å². The first kappa shape index (κ1) is 26.1. The highest BCUT2D eigenvalue weighted by atomic mass is 19.3. The molecule has 0 bridgehead atoms. The average Bonchev–Trinajstić information content (AvgIpc) is 2.89. The van der Waals surface area contributed by atoms with Crippen molar-refractivity contribution in [3.63, 3.8) is 0 Å². The first-order valence-electron chi connectivity index (χ1n) is 13.8. The fourth-order valence-electron chi connectivity index (χ4n) is 6.09. The predicted molar refractivity (Wildman–Crippen MR) is 141 cm³/mol. The molecule has 0 N–H and O–H groups in total. The topological polar surface area (TPSA) is 9.23 Å². The summed E-state index contributed by atoms with van der Waals surface area (Å²) in [6, 6.07) is 15.9. The van der Waals surface area contributed by atoms with Gasteiger partial charge < -0.3 is 4.74 Å². The highest BCUT2D eigenvalue weighted by molar-refractivity contribution is 5.27. The van der Waals surface area contributed by atoms with Crippen molar-refractivity contribution in [2.75, 3.05) is 0 Å². The number of hydrogen-bond acceptors (Lipinski definition) is 1. The molecular weight excluding hydrogens is 438 g/mol. The van der Waals surface area contributed by atoms with Gasteiger partial charge in [-0.05, 0) is 104 Å². The van der Waals surface area contributed by atoms with E-state index < -0.39 is 6.11 Å². The van der Waals surface area contributed by atoms with Gasteiger partial charge in [0.05, 0.1) is 13.0 Å². The molecule has 0 aromatic heterocycles. The molecule has 0 heterocycles. The van der Waals surface area contributed by atoms with Gasteiger partial charge in [-0.1, -0.05) is 74.0 Å². The first-order chi connectivity index (χ1) is 17.0. The van der Waals surface area contributed by atoms with E-state index in [1.807, 2.05) is 36.4 Å². The molecular formula is C32H42F2O. The Bertz CT molecular complexity index is 915. The van der Waals surface area contributed by atoms with Crippen molar-refractivity contribution in [3.05, 3.63) is 82.9 Å². The molecule has 3 heteroatoms. The molecule has 2 aliphatic carbocycles. The molecule has 2 saturated carbocycles. The minimum Gasteiger partial charge on any atom is -0.315 e. The first-order valence-corrected chi connectivity index (χ1v) is 13.8. The molecule has 0 atom stereocenters. The number of alkyl halides is 2. The largest absolute Gasteiger partial charge is 0.360 e. The standard InChI is InChI=1S/C32H42F2O/c1-3-5-25-8-16-29(17-9-25)31-20-12-27(13-21-31)23-35-32(33,34)22-26-10-18-30(19-11-26)28-14-6-24(4-2)7-15-28/h3,5,10-13,18-21,24-25,28-29H,4,6-9,14-17,22-23H2,1-2H3.